The molecule has 3 rings (SSSR count). The van der Waals surface area contributed by atoms with Gasteiger partial charge in [-0.05, 0) is 19.1 Å². The summed E-state index contributed by atoms with van der Waals surface area (Å²) in [5.41, 5.74) is 1.39. The average molecular weight is 333 g/mol. The molecule has 25 heavy (non-hydrogen) atoms. The molecule has 1 aliphatic rings. The first-order chi connectivity index (χ1) is 12.1. The maximum absolute atomic E-state index is 12.4. The Morgan fingerprint density at radius 2 is 2.28 bits per heavy atom. The number of dihydropyridines is 1. The molecule has 7 heteroatoms. The number of nitriles is 1. The summed E-state index contributed by atoms with van der Waals surface area (Å²) in [6.45, 7) is 1.79. The van der Waals surface area contributed by atoms with E-state index in [0.29, 0.717) is 29.2 Å². The quantitative estimate of drug-likeness (QED) is 0.926. The van der Waals surface area contributed by atoms with Crippen molar-refractivity contribution in [3.63, 3.8) is 0 Å². The zero-order valence-electron chi connectivity index (χ0n) is 13.5. The zero-order valence-corrected chi connectivity index (χ0v) is 13.5. The number of pyridine rings is 2. The number of allylic oxidation sites excluding steroid dienone is 1. The third kappa shape index (κ3) is 4.26. The third-order valence-corrected chi connectivity index (χ3v) is 3.41. The van der Waals surface area contributed by atoms with Crippen LogP contribution in [-0.2, 0) is 0 Å². The van der Waals surface area contributed by atoms with E-state index in [0.717, 1.165) is 0 Å². The Morgan fingerprint density at radius 1 is 1.40 bits per heavy atom. The number of hydrogen-bond donors (Lipinski definition) is 1. The fourth-order valence-corrected chi connectivity index (χ4v) is 2.27. The molecule has 7 nitrogen and oxygen atoms in total. The molecule has 1 aliphatic heterocycles. The van der Waals surface area contributed by atoms with Crippen LogP contribution in [0.2, 0.25) is 0 Å². The summed E-state index contributed by atoms with van der Waals surface area (Å²) < 4.78 is 5.71. The third-order valence-electron chi connectivity index (χ3n) is 3.41. The highest BCUT2D eigenvalue weighted by Gasteiger charge is 2.16. The fraction of sp³-hybridized carbons (Fsp3) is 0.167. The number of aliphatic imine (C=N–C) groups is 1. The summed E-state index contributed by atoms with van der Waals surface area (Å²) in [6.07, 6.45) is 6.49. The van der Waals surface area contributed by atoms with E-state index < -0.39 is 6.17 Å². The van der Waals surface area contributed by atoms with Crippen LogP contribution in [0.5, 0.6) is 11.5 Å². The molecule has 0 radical (unpaired) electrons. The number of nitrogens with zero attached hydrogens (tertiary/aromatic N) is 4. The number of nitrogens with one attached hydrogen (secondary N) is 1. The van der Waals surface area contributed by atoms with Crippen molar-refractivity contribution < 1.29 is 9.53 Å². The van der Waals surface area contributed by atoms with Gasteiger partial charge in [0.15, 0.2) is 0 Å². The minimum absolute atomic E-state index is 0.240. The summed E-state index contributed by atoms with van der Waals surface area (Å²) in [4.78, 5) is 24.8. The van der Waals surface area contributed by atoms with Crippen LogP contribution in [0, 0.1) is 18.3 Å². The van der Waals surface area contributed by atoms with Gasteiger partial charge < -0.3 is 10.1 Å². The molecule has 0 spiro atoms. The van der Waals surface area contributed by atoms with Gasteiger partial charge in [0.05, 0.1) is 11.8 Å². The van der Waals surface area contributed by atoms with Crippen molar-refractivity contribution in [2.45, 2.75) is 19.5 Å². The van der Waals surface area contributed by atoms with Crippen molar-refractivity contribution >= 4 is 12.1 Å². The van der Waals surface area contributed by atoms with Gasteiger partial charge in [-0.1, -0.05) is 6.08 Å². The Bertz CT molecular complexity index is 884. The Labute approximate surface area is 144 Å². The monoisotopic (exact) mass is 333 g/mol. The summed E-state index contributed by atoms with van der Waals surface area (Å²) in [7, 11) is 0. The number of carbonyl (C=O) groups excluding carboxylic acids is 1. The lowest BCUT2D eigenvalue weighted by Crippen LogP contribution is -2.34. The van der Waals surface area contributed by atoms with Crippen LogP contribution < -0.4 is 10.1 Å². The maximum Gasteiger partial charge on any atom is 0.271 e. The average Bonchev–Trinajstić information content (AvgIpc) is 2.62. The van der Waals surface area contributed by atoms with Crippen molar-refractivity contribution in [3.05, 3.63) is 59.7 Å². The van der Waals surface area contributed by atoms with Gasteiger partial charge in [-0.3, -0.25) is 14.8 Å². The number of carbonyl (C=O) groups is 1. The molecule has 0 fully saturated rings. The highest BCUT2D eigenvalue weighted by atomic mass is 16.5. The lowest BCUT2D eigenvalue weighted by molar-refractivity contribution is 0.0933. The lowest BCUT2D eigenvalue weighted by atomic mass is 10.2. The molecule has 2 aromatic heterocycles. The van der Waals surface area contributed by atoms with E-state index in [1.807, 2.05) is 6.07 Å². The summed E-state index contributed by atoms with van der Waals surface area (Å²) >= 11 is 0. The van der Waals surface area contributed by atoms with Gasteiger partial charge in [0.1, 0.15) is 29.4 Å². The lowest BCUT2D eigenvalue weighted by Gasteiger charge is -2.15. The molecule has 3 heterocycles. The Kier molecular flexibility index (Phi) is 4.81. The first kappa shape index (κ1) is 16.3. The molecule has 1 N–H and O–H groups in total. The van der Waals surface area contributed by atoms with Crippen molar-refractivity contribution in [1.29, 1.82) is 5.26 Å². The smallest absolute Gasteiger partial charge is 0.271 e. The van der Waals surface area contributed by atoms with E-state index in [2.05, 4.69) is 20.3 Å². The number of aryl methyl sites for hydroxylation is 1. The molecule has 0 saturated heterocycles. The van der Waals surface area contributed by atoms with Crippen LogP contribution in [0.4, 0.5) is 0 Å². The Hall–Kier alpha value is -3.53. The van der Waals surface area contributed by atoms with E-state index >= 15 is 0 Å². The van der Waals surface area contributed by atoms with Gasteiger partial charge in [-0.15, -0.1) is 0 Å². The minimum Gasteiger partial charge on any atom is -0.456 e. The number of aromatic nitrogens is 2. The molecule has 0 bridgehead atoms. The predicted octanol–water partition coefficient (Wildman–Crippen LogP) is 2.56. The van der Waals surface area contributed by atoms with Crippen LogP contribution in [0.1, 0.15) is 22.6 Å². The van der Waals surface area contributed by atoms with Gasteiger partial charge in [0, 0.05) is 36.7 Å². The number of amides is 1. The summed E-state index contributed by atoms with van der Waals surface area (Å²) in [5.74, 6) is 0.727. The van der Waals surface area contributed by atoms with Crippen LogP contribution >= 0.6 is 0 Å². The van der Waals surface area contributed by atoms with Crippen LogP contribution in [0.15, 0.2) is 53.3 Å². The topological polar surface area (TPSA) is 100 Å². The second kappa shape index (κ2) is 7.36. The van der Waals surface area contributed by atoms with E-state index in [9.17, 15) is 4.79 Å². The highest BCUT2D eigenvalue weighted by Crippen LogP contribution is 2.21. The van der Waals surface area contributed by atoms with Crippen molar-refractivity contribution in [3.8, 4) is 17.6 Å². The van der Waals surface area contributed by atoms with E-state index in [-0.39, 0.29) is 11.6 Å². The van der Waals surface area contributed by atoms with Crippen LogP contribution in [0.25, 0.3) is 0 Å². The van der Waals surface area contributed by atoms with Crippen molar-refractivity contribution in [2.24, 2.45) is 4.99 Å². The fourth-order valence-electron chi connectivity index (χ4n) is 2.27. The van der Waals surface area contributed by atoms with Crippen molar-refractivity contribution in [2.75, 3.05) is 0 Å². The van der Waals surface area contributed by atoms with Crippen LogP contribution in [-0.4, -0.2) is 28.3 Å². The minimum atomic E-state index is -0.408. The molecule has 2 aromatic rings. The molecule has 124 valence electrons. The Balaban J connectivity index is 1.72. The van der Waals surface area contributed by atoms with Gasteiger partial charge >= 0.3 is 0 Å². The highest BCUT2D eigenvalue weighted by molar-refractivity contribution is 5.93. The second-order valence-electron chi connectivity index (χ2n) is 5.39. The SMILES string of the molecule is Cc1cc(Oc2cccnc2)cc(C(=O)NC2CC=C(C#N)C=N2)n1. The van der Waals surface area contributed by atoms with Crippen molar-refractivity contribution in [1.82, 2.24) is 15.3 Å². The van der Waals surface area contributed by atoms with E-state index in [1.165, 1.54) is 6.21 Å². The molecule has 1 amide bonds. The van der Waals surface area contributed by atoms with Gasteiger partial charge in [-0.2, -0.15) is 5.26 Å². The predicted molar refractivity (Wildman–Crippen MR) is 91.3 cm³/mol. The molecule has 1 atom stereocenters. The molecule has 0 saturated carbocycles. The summed E-state index contributed by atoms with van der Waals surface area (Å²) in [6, 6.07) is 8.86. The molecular weight excluding hydrogens is 318 g/mol. The molecule has 1 unspecified atom stereocenters. The first-order valence-corrected chi connectivity index (χ1v) is 7.65. The van der Waals surface area contributed by atoms with Crippen LogP contribution in [0.3, 0.4) is 0 Å². The van der Waals surface area contributed by atoms with E-state index in [4.69, 9.17) is 10.00 Å². The summed E-state index contributed by atoms with van der Waals surface area (Å²) in [5, 5.41) is 11.6. The van der Waals surface area contributed by atoms with E-state index in [1.54, 1.807) is 49.7 Å². The Morgan fingerprint density at radius 3 is 2.96 bits per heavy atom. The standard InChI is InChI=1S/C18H15N5O2/c1-12-7-15(25-14-3-2-6-20-11-14)8-16(22-12)18(24)23-17-5-4-13(9-19)10-21-17/h2-4,6-8,10-11,17H,5H2,1H3,(H,23,24). The number of hydrogen-bond acceptors (Lipinski definition) is 6. The number of rotatable bonds is 4. The largest absolute Gasteiger partial charge is 0.456 e. The normalized spacial score (nSPS) is 15.8. The molecule has 0 aromatic carbocycles. The molecule has 0 aliphatic carbocycles. The first-order valence-electron chi connectivity index (χ1n) is 7.65. The van der Waals surface area contributed by atoms with Gasteiger partial charge in [0.2, 0.25) is 0 Å². The maximum atomic E-state index is 12.4. The van der Waals surface area contributed by atoms with Gasteiger partial charge in [0.25, 0.3) is 5.91 Å². The second-order valence-corrected chi connectivity index (χ2v) is 5.39. The number of ether oxygens (including phenoxy) is 1. The zero-order chi connectivity index (χ0) is 17.6. The molecular formula is C18H15N5O2. The van der Waals surface area contributed by atoms with Gasteiger partial charge in [-0.25, -0.2) is 4.98 Å².